The van der Waals surface area contributed by atoms with E-state index in [0.717, 1.165) is 22.1 Å². The lowest BCUT2D eigenvalue weighted by Gasteiger charge is -2.33. The van der Waals surface area contributed by atoms with E-state index < -0.39 is 9.84 Å². The Kier molecular flexibility index (Phi) is 6.62. The molecular formula is C26H31N3O4S. The molecule has 1 aliphatic heterocycles. The molecule has 7 nitrogen and oxygen atoms in total. The highest BCUT2D eigenvalue weighted by Gasteiger charge is 2.36. The van der Waals surface area contributed by atoms with Crippen molar-refractivity contribution >= 4 is 26.5 Å². The smallest absolute Gasteiger partial charge is 0.275 e. The molecule has 1 saturated heterocycles. The van der Waals surface area contributed by atoms with E-state index in [0.29, 0.717) is 23.9 Å². The average molecular weight is 482 g/mol. The van der Waals surface area contributed by atoms with Gasteiger partial charge in [0, 0.05) is 23.0 Å². The Morgan fingerprint density at radius 1 is 1.18 bits per heavy atom. The van der Waals surface area contributed by atoms with Gasteiger partial charge in [-0.2, -0.15) is 5.10 Å². The summed E-state index contributed by atoms with van der Waals surface area (Å²) in [5, 5.41) is 5.91. The Bertz CT molecular complexity index is 1410. The maximum atomic E-state index is 13.5. The lowest BCUT2D eigenvalue weighted by Crippen LogP contribution is -2.48. The maximum Gasteiger partial charge on any atom is 0.275 e. The highest BCUT2D eigenvalue weighted by atomic mass is 32.2. The lowest BCUT2D eigenvalue weighted by molar-refractivity contribution is -0.136. The molecule has 0 saturated carbocycles. The number of amides is 1. The van der Waals surface area contributed by atoms with Crippen LogP contribution in [0, 0.1) is 13.8 Å². The number of rotatable bonds is 6. The zero-order valence-electron chi connectivity index (χ0n) is 20.1. The average Bonchev–Trinajstić information content (AvgIpc) is 3.16. The van der Waals surface area contributed by atoms with Crippen LogP contribution in [-0.2, 0) is 21.2 Å². The molecule has 2 heterocycles. The first-order valence-corrected chi connectivity index (χ1v) is 13.5. The molecule has 1 aromatic heterocycles. The molecule has 3 aromatic rings. The maximum absolute atomic E-state index is 13.5. The number of sulfone groups is 1. The summed E-state index contributed by atoms with van der Waals surface area (Å²) in [6.45, 7) is 7.65. The van der Waals surface area contributed by atoms with Crippen LogP contribution in [0.4, 0.5) is 0 Å². The van der Waals surface area contributed by atoms with Gasteiger partial charge in [0.15, 0.2) is 9.84 Å². The first kappa shape index (κ1) is 24.1. The molecular weight excluding hydrogens is 450 g/mol. The second-order valence-corrected chi connectivity index (χ2v) is 11.5. The summed E-state index contributed by atoms with van der Waals surface area (Å²) in [4.78, 5) is 28.5. The van der Waals surface area contributed by atoms with E-state index in [9.17, 15) is 18.0 Å². The highest BCUT2D eigenvalue weighted by molar-refractivity contribution is 7.91. The number of benzene rings is 2. The third-order valence-electron chi connectivity index (χ3n) is 6.76. The summed E-state index contributed by atoms with van der Waals surface area (Å²) >= 11 is 0. The summed E-state index contributed by atoms with van der Waals surface area (Å²) in [5.74, 6) is -0.229. The Morgan fingerprint density at radius 2 is 1.88 bits per heavy atom. The highest BCUT2D eigenvalue weighted by Crippen LogP contribution is 2.28. The van der Waals surface area contributed by atoms with E-state index in [2.05, 4.69) is 5.10 Å². The molecule has 1 fully saturated rings. The Morgan fingerprint density at radius 3 is 2.53 bits per heavy atom. The second kappa shape index (κ2) is 9.33. The van der Waals surface area contributed by atoms with Crippen molar-refractivity contribution < 1.29 is 13.2 Å². The molecule has 0 bridgehead atoms. The first-order valence-electron chi connectivity index (χ1n) is 11.7. The van der Waals surface area contributed by atoms with Gasteiger partial charge in [-0.1, -0.05) is 42.8 Å². The molecule has 1 amide bonds. The van der Waals surface area contributed by atoms with Gasteiger partial charge in [0.25, 0.3) is 5.56 Å². The molecule has 2 aromatic carbocycles. The number of carbonyl (C=O) groups is 1. The summed E-state index contributed by atoms with van der Waals surface area (Å²) in [6.07, 6.45) is 1.11. The molecule has 4 rings (SSSR count). The number of nitrogens with zero attached hydrogens (tertiary/aromatic N) is 3. The Balaban J connectivity index is 1.80. The molecule has 2 atom stereocenters. The molecule has 0 spiro atoms. The van der Waals surface area contributed by atoms with Crippen LogP contribution >= 0.6 is 0 Å². The predicted octanol–water partition coefficient (Wildman–Crippen LogP) is 3.49. The molecule has 34 heavy (non-hydrogen) atoms. The summed E-state index contributed by atoms with van der Waals surface area (Å²) in [5.41, 5.74) is 3.34. The minimum atomic E-state index is -3.16. The molecule has 1 aliphatic rings. The zero-order chi connectivity index (χ0) is 24.6. The minimum Gasteiger partial charge on any atom is -0.334 e. The van der Waals surface area contributed by atoms with Crippen molar-refractivity contribution in [2.24, 2.45) is 0 Å². The van der Waals surface area contributed by atoms with Crippen LogP contribution in [0.2, 0.25) is 0 Å². The second-order valence-electron chi connectivity index (χ2n) is 9.29. The number of carbonyl (C=O) groups excluding carboxylic acids is 1. The van der Waals surface area contributed by atoms with Crippen LogP contribution in [0.1, 0.15) is 37.8 Å². The van der Waals surface area contributed by atoms with Crippen molar-refractivity contribution in [3.8, 4) is 11.3 Å². The van der Waals surface area contributed by atoms with Crippen LogP contribution in [0.25, 0.3) is 22.0 Å². The number of hydrogen-bond donors (Lipinski definition) is 0. The molecule has 0 N–H and O–H groups in total. The lowest BCUT2D eigenvalue weighted by atomic mass is 9.99. The van der Waals surface area contributed by atoms with Gasteiger partial charge in [-0.05, 0) is 51.3 Å². The van der Waals surface area contributed by atoms with Gasteiger partial charge in [-0.3, -0.25) is 9.59 Å². The van der Waals surface area contributed by atoms with Crippen LogP contribution in [0.15, 0.2) is 47.3 Å². The fraction of sp³-hybridized carbons (Fsp3) is 0.423. The normalized spacial score (nSPS) is 18.2. The van der Waals surface area contributed by atoms with Crippen molar-refractivity contribution in [1.82, 2.24) is 14.7 Å². The van der Waals surface area contributed by atoms with Gasteiger partial charge in [0.1, 0.15) is 6.54 Å². The van der Waals surface area contributed by atoms with Crippen molar-refractivity contribution in [2.75, 3.05) is 11.5 Å². The fourth-order valence-corrected chi connectivity index (χ4v) is 6.45. The van der Waals surface area contributed by atoms with Crippen LogP contribution in [-0.4, -0.2) is 52.6 Å². The first-order chi connectivity index (χ1) is 16.1. The molecule has 180 valence electrons. The Hall–Kier alpha value is -3.00. The van der Waals surface area contributed by atoms with Crippen LogP contribution in [0.5, 0.6) is 0 Å². The van der Waals surface area contributed by atoms with Crippen molar-refractivity contribution in [3.05, 3.63) is 63.9 Å². The largest absolute Gasteiger partial charge is 0.334 e. The molecule has 0 aliphatic carbocycles. The quantitative estimate of drug-likeness (QED) is 0.538. The summed E-state index contributed by atoms with van der Waals surface area (Å²) < 4.78 is 25.4. The number of hydrogen-bond acceptors (Lipinski definition) is 5. The monoisotopic (exact) mass is 481 g/mol. The zero-order valence-corrected chi connectivity index (χ0v) is 20.9. The number of fused-ring (bicyclic) bond motifs is 1. The minimum absolute atomic E-state index is 0.0309. The summed E-state index contributed by atoms with van der Waals surface area (Å²) in [6, 6.07) is 12.9. The third kappa shape index (κ3) is 4.64. The summed E-state index contributed by atoms with van der Waals surface area (Å²) in [7, 11) is -3.16. The van der Waals surface area contributed by atoms with E-state index in [1.54, 1.807) is 17.0 Å². The van der Waals surface area contributed by atoms with Crippen molar-refractivity contribution in [2.45, 2.75) is 59.2 Å². The number of aromatic nitrogens is 2. The van der Waals surface area contributed by atoms with Gasteiger partial charge in [-0.15, -0.1) is 0 Å². The topological polar surface area (TPSA) is 89.3 Å². The van der Waals surface area contributed by atoms with Crippen molar-refractivity contribution in [3.63, 3.8) is 0 Å². The van der Waals surface area contributed by atoms with Gasteiger partial charge < -0.3 is 4.90 Å². The van der Waals surface area contributed by atoms with E-state index in [-0.39, 0.29) is 41.6 Å². The SMILES string of the molecule is CC[C@@H](C)N(C(=O)Cn1nc(-c2cc(C)ccc2C)c2ccccc2c1=O)[C@H]1CCS(=O)(=O)C1. The molecule has 0 radical (unpaired) electrons. The standard InChI is InChI=1S/C26H31N3O4S/c1-5-19(4)29(20-12-13-34(32,33)16-20)24(30)15-28-26(31)22-9-7-6-8-21(22)25(27-28)23-14-17(2)10-11-18(23)3/h6-11,14,19-20H,5,12-13,15-16H2,1-4H3/t19-,20+/m1/s1. The van der Waals surface area contributed by atoms with Gasteiger partial charge >= 0.3 is 0 Å². The van der Waals surface area contributed by atoms with E-state index in [1.165, 1.54) is 4.68 Å². The van der Waals surface area contributed by atoms with Crippen molar-refractivity contribution in [1.29, 1.82) is 0 Å². The fourth-order valence-electron chi connectivity index (χ4n) is 4.74. The molecule has 0 unspecified atom stereocenters. The van der Waals surface area contributed by atoms with E-state index in [1.807, 2.05) is 58.0 Å². The predicted molar refractivity (Wildman–Crippen MR) is 135 cm³/mol. The van der Waals surface area contributed by atoms with Gasteiger partial charge in [0.05, 0.1) is 22.6 Å². The number of aryl methyl sites for hydroxylation is 2. The van der Waals surface area contributed by atoms with Gasteiger partial charge in [0.2, 0.25) is 5.91 Å². The van der Waals surface area contributed by atoms with Crippen LogP contribution < -0.4 is 5.56 Å². The Labute approximate surface area is 200 Å². The van der Waals surface area contributed by atoms with E-state index >= 15 is 0 Å². The van der Waals surface area contributed by atoms with E-state index in [4.69, 9.17) is 0 Å². The van der Waals surface area contributed by atoms with Gasteiger partial charge in [-0.25, -0.2) is 13.1 Å². The molecule has 8 heteroatoms. The van der Waals surface area contributed by atoms with Crippen LogP contribution in [0.3, 0.4) is 0 Å². The third-order valence-corrected chi connectivity index (χ3v) is 8.51.